The summed E-state index contributed by atoms with van der Waals surface area (Å²) >= 11 is 0. The number of ether oxygens (including phenoxy) is 1. The van der Waals surface area contributed by atoms with Crippen LogP contribution in [0.5, 0.6) is 0 Å². The zero-order chi connectivity index (χ0) is 11.5. The molecule has 1 atom stereocenters. The first-order valence-electron chi connectivity index (χ1n) is 5.48. The molecular weight excluding hydrogens is 204 g/mol. The molecule has 1 aromatic rings. The quantitative estimate of drug-likeness (QED) is 0.572. The van der Waals surface area contributed by atoms with Gasteiger partial charge in [-0.1, -0.05) is 24.3 Å². The van der Waals surface area contributed by atoms with E-state index in [1.807, 2.05) is 24.3 Å². The number of hydrogen-bond acceptors (Lipinski definition) is 3. The third-order valence-electron chi connectivity index (χ3n) is 2.87. The van der Waals surface area contributed by atoms with E-state index in [1.54, 1.807) is 6.92 Å². The maximum atomic E-state index is 11.8. The first-order valence-corrected chi connectivity index (χ1v) is 5.48. The molecule has 0 spiro atoms. The number of carbonyl (C=O) groups excluding carboxylic acids is 2. The second kappa shape index (κ2) is 4.47. The van der Waals surface area contributed by atoms with Gasteiger partial charge in [-0.25, -0.2) is 0 Å². The Morgan fingerprint density at radius 1 is 1.38 bits per heavy atom. The maximum Gasteiger partial charge on any atom is 0.313 e. The molecule has 1 aromatic carbocycles. The Hall–Kier alpha value is -1.64. The number of hydrogen-bond donors (Lipinski definition) is 0. The molecule has 0 aliphatic heterocycles. The summed E-state index contributed by atoms with van der Waals surface area (Å²) in [6, 6.07) is 7.85. The van der Waals surface area contributed by atoms with Crippen molar-refractivity contribution in [1.82, 2.24) is 0 Å². The minimum absolute atomic E-state index is 0.0304. The van der Waals surface area contributed by atoms with Gasteiger partial charge in [0.15, 0.2) is 5.78 Å². The summed E-state index contributed by atoms with van der Waals surface area (Å²) < 4.78 is 4.76. The van der Waals surface area contributed by atoms with Crippen LogP contribution in [0.25, 0.3) is 0 Å². The van der Waals surface area contributed by atoms with Crippen LogP contribution in [-0.2, 0) is 20.7 Å². The van der Waals surface area contributed by atoms with Gasteiger partial charge in [0.25, 0.3) is 0 Å². The number of Topliss-reactive ketones (excluding diaryl/α,β-unsaturated/α-hetero) is 1. The van der Waals surface area contributed by atoms with Gasteiger partial charge in [0.2, 0.25) is 0 Å². The molecule has 0 heterocycles. The zero-order valence-electron chi connectivity index (χ0n) is 9.23. The van der Waals surface area contributed by atoms with Gasteiger partial charge >= 0.3 is 5.97 Å². The van der Waals surface area contributed by atoms with Gasteiger partial charge in [-0.2, -0.15) is 0 Å². The normalized spacial score (nSPS) is 17.2. The second-order valence-corrected chi connectivity index (χ2v) is 3.90. The highest BCUT2D eigenvalue weighted by atomic mass is 16.5. The highest BCUT2D eigenvalue weighted by Crippen LogP contribution is 2.36. The van der Waals surface area contributed by atoms with E-state index < -0.39 is 5.97 Å². The van der Waals surface area contributed by atoms with Gasteiger partial charge in [0, 0.05) is 5.92 Å². The predicted octanol–water partition coefficient (Wildman–Crippen LogP) is 1.85. The van der Waals surface area contributed by atoms with Crippen LogP contribution in [0, 0.1) is 0 Å². The molecule has 16 heavy (non-hydrogen) atoms. The van der Waals surface area contributed by atoms with E-state index in [-0.39, 0.29) is 18.1 Å². The lowest BCUT2D eigenvalue weighted by molar-refractivity contribution is -0.145. The van der Waals surface area contributed by atoms with Crippen molar-refractivity contribution in [2.24, 2.45) is 0 Å². The molecule has 0 bridgehead atoms. The van der Waals surface area contributed by atoms with Crippen molar-refractivity contribution in [2.75, 3.05) is 6.61 Å². The van der Waals surface area contributed by atoms with Crippen LogP contribution in [-0.4, -0.2) is 18.4 Å². The van der Waals surface area contributed by atoms with Gasteiger partial charge in [-0.15, -0.1) is 0 Å². The minimum Gasteiger partial charge on any atom is -0.466 e. The Bertz CT molecular complexity index is 423. The van der Waals surface area contributed by atoms with Crippen LogP contribution < -0.4 is 0 Å². The van der Waals surface area contributed by atoms with Crippen molar-refractivity contribution < 1.29 is 14.3 Å². The number of benzene rings is 1. The van der Waals surface area contributed by atoms with Gasteiger partial charge in [-0.05, 0) is 24.5 Å². The van der Waals surface area contributed by atoms with Crippen molar-refractivity contribution in [3.8, 4) is 0 Å². The highest BCUT2D eigenvalue weighted by Gasteiger charge is 2.32. The molecule has 1 aliphatic rings. The molecule has 1 unspecified atom stereocenters. The largest absolute Gasteiger partial charge is 0.466 e. The minimum atomic E-state index is -0.420. The van der Waals surface area contributed by atoms with E-state index >= 15 is 0 Å². The van der Waals surface area contributed by atoms with Crippen LogP contribution in [0.2, 0.25) is 0 Å². The summed E-state index contributed by atoms with van der Waals surface area (Å²) in [6.45, 7) is 2.06. The van der Waals surface area contributed by atoms with E-state index in [9.17, 15) is 9.59 Å². The number of esters is 1. The molecule has 0 amide bonds. The van der Waals surface area contributed by atoms with Crippen molar-refractivity contribution in [2.45, 2.75) is 25.7 Å². The number of rotatable bonds is 4. The summed E-state index contributed by atoms with van der Waals surface area (Å²) in [5, 5.41) is 0. The van der Waals surface area contributed by atoms with E-state index in [0.29, 0.717) is 6.61 Å². The van der Waals surface area contributed by atoms with Crippen molar-refractivity contribution >= 4 is 11.8 Å². The lowest BCUT2D eigenvalue weighted by atomic mass is 9.74. The fourth-order valence-corrected chi connectivity index (χ4v) is 2.02. The second-order valence-electron chi connectivity index (χ2n) is 3.90. The molecular formula is C13H14O3. The average Bonchev–Trinajstić information content (AvgIpc) is 2.20. The van der Waals surface area contributed by atoms with Gasteiger partial charge in [-0.3, -0.25) is 9.59 Å². The smallest absolute Gasteiger partial charge is 0.313 e. The predicted molar refractivity (Wildman–Crippen MR) is 59.1 cm³/mol. The Morgan fingerprint density at radius 3 is 2.81 bits per heavy atom. The van der Waals surface area contributed by atoms with Crippen LogP contribution in [0.15, 0.2) is 24.3 Å². The number of fused-ring (bicyclic) bond motifs is 1. The standard InChI is InChI=1S/C13H14O3/c1-2-16-13(15)8-12(14)11-7-9-5-3-4-6-10(9)11/h3-6,11H,2,7-8H2,1H3. The third kappa shape index (κ3) is 1.98. The molecule has 3 heteroatoms. The Balaban J connectivity index is 1.97. The summed E-state index contributed by atoms with van der Waals surface area (Å²) in [6.07, 6.45) is 0.654. The Labute approximate surface area is 94.4 Å². The van der Waals surface area contributed by atoms with Crippen LogP contribution in [0.4, 0.5) is 0 Å². The molecule has 0 N–H and O–H groups in total. The lowest BCUT2D eigenvalue weighted by Crippen LogP contribution is -2.27. The zero-order valence-corrected chi connectivity index (χ0v) is 9.23. The van der Waals surface area contributed by atoms with Crippen LogP contribution in [0.3, 0.4) is 0 Å². The van der Waals surface area contributed by atoms with E-state index in [2.05, 4.69) is 0 Å². The van der Waals surface area contributed by atoms with Crippen molar-refractivity contribution in [1.29, 1.82) is 0 Å². The SMILES string of the molecule is CCOC(=O)CC(=O)C1Cc2ccccc21. The fraction of sp³-hybridized carbons (Fsp3) is 0.385. The average molecular weight is 218 g/mol. The van der Waals surface area contributed by atoms with Crippen LogP contribution in [0.1, 0.15) is 30.4 Å². The highest BCUT2D eigenvalue weighted by molar-refractivity contribution is 6.00. The molecule has 0 saturated carbocycles. The molecule has 0 fully saturated rings. The summed E-state index contributed by atoms with van der Waals surface area (Å²) in [5.41, 5.74) is 2.28. The Kier molecular flexibility index (Phi) is 3.04. The number of ketones is 1. The molecule has 3 nitrogen and oxygen atoms in total. The van der Waals surface area contributed by atoms with E-state index in [4.69, 9.17) is 4.74 Å². The molecule has 0 saturated heterocycles. The lowest BCUT2D eigenvalue weighted by Gasteiger charge is -2.28. The van der Waals surface area contributed by atoms with Crippen molar-refractivity contribution in [3.05, 3.63) is 35.4 Å². The number of carbonyl (C=O) groups is 2. The van der Waals surface area contributed by atoms with Gasteiger partial charge < -0.3 is 4.74 Å². The van der Waals surface area contributed by atoms with Crippen molar-refractivity contribution in [3.63, 3.8) is 0 Å². The molecule has 84 valence electrons. The summed E-state index contributed by atoms with van der Waals surface area (Å²) in [7, 11) is 0. The molecule has 0 aromatic heterocycles. The topological polar surface area (TPSA) is 43.4 Å². The first-order chi connectivity index (χ1) is 7.72. The summed E-state index contributed by atoms with van der Waals surface area (Å²) in [4.78, 5) is 22.9. The molecule has 0 radical (unpaired) electrons. The first kappa shape index (κ1) is 10.9. The molecule has 2 rings (SSSR count). The third-order valence-corrected chi connectivity index (χ3v) is 2.87. The van der Waals surface area contributed by atoms with E-state index in [1.165, 1.54) is 5.56 Å². The maximum absolute atomic E-state index is 11.8. The fourth-order valence-electron chi connectivity index (χ4n) is 2.02. The van der Waals surface area contributed by atoms with Gasteiger partial charge in [0.1, 0.15) is 6.42 Å². The Morgan fingerprint density at radius 2 is 2.12 bits per heavy atom. The van der Waals surface area contributed by atoms with Crippen LogP contribution >= 0.6 is 0 Å². The monoisotopic (exact) mass is 218 g/mol. The van der Waals surface area contributed by atoms with Gasteiger partial charge in [0.05, 0.1) is 6.61 Å². The van der Waals surface area contributed by atoms with E-state index in [0.717, 1.165) is 12.0 Å². The molecule has 1 aliphatic carbocycles. The summed E-state index contributed by atoms with van der Waals surface area (Å²) in [5.74, 6) is -0.547.